The summed E-state index contributed by atoms with van der Waals surface area (Å²) in [4.78, 5) is 25.4. The standard InChI is InChI=1S/C15H20N2O4/c1-15(14(19)20)5-7-17(8-6-15)13(18)11-4-3-10(16)9-12(11)21-2/h3-4,9H,5-8,16H2,1-2H3,(H,19,20). The molecule has 1 heterocycles. The molecule has 1 saturated heterocycles. The minimum atomic E-state index is -0.806. The molecule has 0 saturated carbocycles. The van der Waals surface area contributed by atoms with Crippen molar-refractivity contribution in [2.45, 2.75) is 19.8 Å². The van der Waals surface area contributed by atoms with Crippen molar-refractivity contribution in [3.8, 4) is 5.75 Å². The van der Waals surface area contributed by atoms with E-state index in [1.54, 1.807) is 30.0 Å². The van der Waals surface area contributed by atoms with E-state index >= 15 is 0 Å². The van der Waals surface area contributed by atoms with Gasteiger partial charge in [-0.1, -0.05) is 0 Å². The Morgan fingerprint density at radius 3 is 2.48 bits per heavy atom. The molecule has 1 aromatic rings. The van der Waals surface area contributed by atoms with Crippen molar-refractivity contribution in [3.63, 3.8) is 0 Å². The summed E-state index contributed by atoms with van der Waals surface area (Å²) in [7, 11) is 1.49. The molecule has 1 fully saturated rings. The minimum Gasteiger partial charge on any atom is -0.496 e. The summed E-state index contributed by atoms with van der Waals surface area (Å²) < 4.78 is 5.20. The van der Waals surface area contributed by atoms with Gasteiger partial charge in [0.1, 0.15) is 5.75 Å². The zero-order chi connectivity index (χ0) is 15.6. The molecule has 1 aliphatic rings. The lowest BCUT2D eigenvalue weighted by Crippen LogP contribution is -2.45. The highest BCUT2D eigenvalue weighted by Crippen LogP contribution is 2.32. The van der Waals surface area contributed by atoms with Gasteiger partial charge in [0.25, 0.3) is 5.91 Å². The number of carboxylic acids is 1. The first-order valence-corrected chi connectivity index (χ1v) is 6.83. The molecule has 0 spiro atoms. The third-order valence-electron chi connectivity index (χ3n) is 4.13. The van der Waals surface area contributed by atoms with Crippen LogP contribution in [0.3, 0.4) is 0 Å². The topological polar surface area (TPSA) is 92.9 Å². The number of piperidine rings is 1. The second-order valence-corrected chi connectivity index (χ2v) is 5.62. The molecular weight excluding hydrogens is 272 g/mol. The first-order chi connectivity index (χ1) is 9.87. The van der Waals surface area contributed by atoms with Crippen LogP contribution in [0.5, 0.6) is 5.75 Å². The van der Waals surface area contributed by atoms with E-state index in [2.05, 4.69) is 0 Å². The van der Waals surface area contributed by atoms with E-state index in [9.17, 15) is 14.7 Å². The van der Waals surface area contributed by atoms with Crippen molar-refractivity contribution in [1.82, 2.24) is 4.90 Å². The van der Waals surface area contributed by atoms with E-state index < -0.39 is 11.4 Å². The number of anilines is 1. The monoisotopic (exact) mass is 292 g/mol. The number of carboxylic acid groups (broad SMARTS) is 1. The van der Waals surface area contributed by atoms with Crippen LogP contribution in [0.15, 0.2) is 18.2 Å². The van der Waals surface area contributed by atoms with E-state index in [1.807, 2.05) is 0 Å². The van der Waals surface area contributed by atoms with Crippen molar-refractivity contribution in [2.75, 3.05) is 25.9 Å². The lowest BCUT2D eigenvalue weighted by atomic mass is 9.80. The van der Waals surface area contributed by atoms with Gasteiger partial charge in [0, 0.05) is 24.8 Å². The predicted molar refractivity (Wildman–Crippen MR) is 78.3 cm³/mol. The number of rotatable bonds is 3. The van der Waals surface area contributed by atoms with Gasteiger partial charge in [-0.2, -0.15) is 0 Å². The van der Waals surface area contributed by atoms with Gasteiger partial charge < -0.3 is 20.5 Å². The number of aliphatic carboxylic acids is 1. The van der Waals surface area contributed by atoms with Gasteiger partial charge in [0.2, 0.25) is 0 Å². The molecule has 1 aliphatic heterocycles. The summed E-state index contributed by atoms with van der Waals surface area (Å²) in [6.45, 7) is 2.57. The van der Waals surface area contributed by atoms with Gasteiger partial charge in [0.15, 0.2) is 0 Å². The molecule has 0 bridgehead atoms. The number of ether oxygens (including phenoxy) is 1. The molecule has 0 atom stereocenters. The molecule has 0 radical (unpaired) electrons. The third-order valence-corrected chi connectivity index (χ3v) is 4.13. The van der Waals surface area contributed by atoms with Crippen molar-refractivity contribution in [1.29, 1.82) is 0 Å². The fourth-order valence-corrected chi connectivity index (χ4v) is 2.47. The number of nitrogens with two attached hydrogens (primary N) is 1. The maximum Gasteiger partial charge on any atom is 0.309 e. The number of methoxy groups -OCH3 is 1. The summed E-state index contributed by atoms with van der Waals surface area (Å²) in [6, 6.07) is 4.90. The van der Waals surface area contributed by atoms with Gasteiger partial charge in [0.05, 0.1) is 18.1 Å². The van der Waals surface area contributed by atoms with Crippen LogP contribution < -0.4 is 10.5 Å². The molecule has 2 rings (SSSR count). The quantitative estimate of drug-likeness (QED) is 0.825. The Labute approximate surface area is 123 Å². The molecule has 114 valence electrons. The van der Waals surface area contributed by atoms with Crippen LogP contribution in [0.25, 0.3) is 0 Å². The maximum atomic E-state index is 12.5. The number of nitrogens with zero attached hydrogens (tertiary/aromatic N) is 1. The first kappa shape index (κ1) is 15.2. The van der Waals surface area contributed by atoms with Crippen molar-refractivity contribution in [3.05, 3.63) is 23.8 Å². The smallest absolute Gasteiger partial charge is 0.309 e. The molecule has 21 heavy (non-hydrogen) atoms. The van der Waals surface area contributed by atoms with Crippen molar-refractivity contribution in [2.24, 2.45) is 5.41 Å². The normalized spacial score (nSPS) is 17.3. The average molecular weight is 292 g/mol. The van der Waals surface area contributed by atoms with Gasteiger partial charge >= 0.3 is 5.97 Å². The number of likely N-dealkylation sites (tertiary alicyclic amines) is 1. The Morgan fingerprint density at radius 1 is 1.33 bits per heavy atom. The summed E-state index contributed by atoms with van der Waals surface area (Å²) >= 11 is 0. The Bertz CT molecular complexity index is 563. The number of amides is 1. The summed E-state index contributed by atoms with van der Waals surface area (Å²) in [6.07, 6.45) is 0.900. The number of hydrogen-bond donors (Lipinski definition) is 2. The lowest BCUT2D eigenvalue weighted by molar-refractivity contribution is -0.150. The highest BCUT2D eigenvalue weighted by Gasteiger charge is 2.38. The van der Waals surface area contributed by atoms with Gasteiger partial charge in [-0.3, -0.25) is 9.59 Å². The van der Waals surface area contributed by atoms with Crippen LogP contribution in [0.2, 0.25) is 0 Å². The predicted octanol–water partition coefficient (Wildman–Crippen LogP) is 1.60. The van der Waals surface area contributed by atoms with Crippen LogP contribution in [-0.2, 0) is 4.79 Å². The summed E-state index contributed by atoms with van der Waals surface area (Å²) in [5.41, 5.74) is 5.91. The van der Waals surface area contributed by atoms with Gasteiger partial charge in [-0.15, -0.1) is 0 Å². The molecule has 6 nitrogen and oxygen atoms in total. The van der Waals surface area contributed by atoms with Crippen LogP contribution in [0.4, 0.5) is 5.69 Å². The van der Waals surface area contributed by atoms with E-state index in [4.69, 9.17) is 10.5 Å². The zero-order valence-electron chi connectivity index (χ0n) is 12.3. The Hall–Kier alpha value is -2.24. The maximum absolute atomic E-state index is 12.5. The fourth-order valence-electron chi connectivity index (χ4n) is 2.47. The summed E-state index contributed by atoms with van der Waals surface area (Å²) in [5, 5.41) is 9.21. The second-order valence-electron chi connectivity index (χ2n) is 5.62. The number of hydrogen-bond acceptors (Lipinski definition) is 4. The number of carbonyl (C=O) groups excluding carboxylic acids is 1. The van der Waals surface area contributed by atoms with Crippen LogP contribution >= 0.6 is 0 Å². The summed E-state index contributed by atoms with van der Waals surface area (Å²) in [5.74, 6) is -0.523. The highest BCUT2D eigenvalue weighted by molar-refractivity contribution is 5.97. The van der Waals surface area contributed by atoms with E-state index in [1.165, 1.54) is 7.11 Å². The lowest BCUT2D eigenvalue weighted by Gasteiger charge is -2.36. The second kappa shape index (κ2) is 5.63. The Morgan fingerprint density at radius 2 is 1.95 bits per heavy atom. The van der Waals surface area contributed by atoms with Gasteiger partial charge in [-0.25, -0.2) is 0 Å². The molecule has 1 amide bonds. The highest BCUT2D eigenvalue weighted by atomic mass is 16.5. The number of nitrogen functional groups attached to an aromatic ring is 1. The largest absolute Gasteiger partial charge is 0.496 e. The average Bonchev–Trinajstić information content (AvgIpc) is 2.47. The van der Waals surface area contributed by atoms with Crippen LogP contribution in [-0.4, -0.2) is 42.1 Å². The third kappa shape index (κ3) is 2.94. The molecule has 6 heteroatoms. The van der Waals surface area contributed by atoms with Gasteiger partial charge in [-0.05, 0) is 31.9 Å². The molecule has 3 N–H and O–H groups in total. The van der Waals surface area contributed by atoms with Crippen molar-refractivity contribution >= 4 is 17.6 Å². The Kier molecular flexibility index (Phi) is 4.06. The fraction of sp³-hybridized carbons (Fsp3) is 0.467. The van der Waals surface area contributed by atoms with Crippen LogP contribution in [0, 0.1) is 5.41 Å². The van der Waals surface area contributed by atoms with E-state index in [0.717, 1.165) is 0 Å². The Balaban J connectivity index is 2.14. The molecular formula is C15H20N2O4. The number of benzene rings is 1. The van der Waals surface area contributed by atoms with E-state index in [0.29, 0.717) is 42.9 Å². The van der Waals surface area contributed by atoms with Crippen LogP contribution in [0.1, 0.15) is 30.1 Å². The zero-order valence-corrected chi connectivity index (χ0v) is 12.3. The minimum absolute atomic E-state index is 0.153. The number of carbonyl (C=O) groups is 2. The first-order valence-electron chi connectivity index (χ1n) is 6.83. The molecule has 1 aromatic carbocycles. The SMILES string of the molecule is COc1cc(N)ccc1C(=O)N1CCC(C)(C(=O)O)CC1. The molecule has 0 aromatic heterocycles. The molecule has 0 aliphatic carbocycles. The van der Waals surface area contributed by atoms with E-state index in [-0.39, 0.29) is 5.91 Å². The van der Waals surface area contributed by atoms with Crippen molar-refractivity contribution < 1.29 is 19.4 Å². The molecule has 0 unspecified atom stereocenters.